The summed E-state index contributed by atoms with van der Waals surface area (Å²) < 4.78 is 0. The molecule has 0 heterocycles. The van der Waals surface area contributed by atoms with Crippen molar-refractivity contribution in [1.29, 1.82) is 0 Å². The average Bonchev–Trinajstić information content (AvgIpc) is 3.09. The zero-order chi connectivity index (χ0) is 33.0. The lowest BCUT2D eigenvalue weighted by atomic mass is 9.80. The highest BCUT2D eigenvalue weighted by Gasteiger charge is 2.18. The van der Waals surface area contributed by atoms with Crippen molar-refractivity contribution in [1.82, 2.24) is 5.32 Å². The van der Waals surface area contributed by atoms with Gasteiger partial charge in [0, 0.05) is 12.2 Å². The molecule has 0 spiro atoms. The molecule has 2 aliphatic carbocycles. The molecule has 2 unspecified atom stereocenters. The van der Waals surface area contributed by atoms with Crippen molar-refractivity contribution in [2.75, 3.05) is 6.54 Å². The van der Waals surface area contributed by atoms with Crippen LogP contribution in [0.1, 0.15) is 135 Å². The Morgan fingerprint density at radius 3 is 2.47 bits per heavy atom. The summed E-state index contributed by atoms with van der Waals surface area (Å²) in [6.45, 7) is 26.9. The van der Waals surface area contributed by atoms with Gasteiger partial charge in [0.15, 0.2) is 0 Å². The second kappa shape index (κ2) is 21.9. The number of benzene rings is 1. The third kappa shape index (κ3) is 14.9. The van der Waals surface area contributed by atoms with E-state index < -0.39 is 0 Å². The molecule has 1 nitrogen and oxygen atoms in total. The molecule has 1 saturated carbocycles. The van der Waals surface area contributed by atoms with E-state index in [1.54, 1.807) is 0 Å². The number of rotatable bonds is 15. The maximum absolute atomic E-state index is 4.30. The highest BCUT2D eigenvalue weighted by molar-refractivity contribution is 5.62. The van der Waals surface area contributed by atoms with Gasteiger partial charge in [-0.2, -0.15) is 0 Å². The van der Waals surface area contributed by atoms with Crippen molar-refractivity contribution < 1.29 is 0 Å². The fraction of sp³-hybridized carbons (Fsp3) is 0.545. The van der Waals surface area contributed by atoms with Crippen LogP contribution < -0.4 is 5.32 Å². The molecule has 0 radical (unpaired) electrons. The normalized spacial score (nSPS) is 22.0. The molecule has 1 fully saturated rings. The Bertz CT molecular complexity index is 1180. The Morgan fingerprint density at radius 1 is 1.07 bits per heavy atom. The van der Waals surface area contributed by atoms with Gasteiger partial charge in [0.1, 0.15) is 0 Å². The lowest BCUT2D eigenvalue weighted by Crippen LogP contribution is -2.17. The second-order valence-electron chi connectivity index (χ2n) is 13.9. The molecule has 45 heavy (non-hydrogen) atoms. The summed E-state index contributed by atoms with van der Waals surface area (Å²) in [5.74, 6) is 2.74. The molecule has 1 heteroatoms. The van der Waals surface area contributed by atoms with Crippen LogP contribution in [0, 0.1) is 24.7 Å². The van der Waals surface area contributed by atoms with Crippen LogP contribution in [0.2, 0.25) is 0 Å². The van der Waals surface area contributed by atoms with Crippen molar-refractivity contribution in [3.63, 3.8) is 0 Å². The summed E-state index contributed by atoms with van der Waals surface area (Å²) in [5, 5.41) is 3.58. The van der Waals surface area contributed by atoms with Gasteiger partial charge in [-0.25, -0.2) is 0 Å². The highest BCUT2D eigenvalue weighted by atomic mass is 14.9. The fourth-order valence-corrected chi connectivity index (χ4v) is 7.01. The Balaban J connectivity index is 0.000000355. The van der Waals surface area contributed by atoms with E-state index in [9.17, 15) is 0 Å². The average molecular weight is 610 g/mol. The summed E-state index contributed by atoms with van der Waals surface area (Å²) in [7, 11) is 0. The largest absolute Gasteiger partial charge is 0.385 e. The molecule has 0 aromatic heterocycles. The minimum absolute atomic E-state index is 0.836. The van der Waals surface area contributed by atoms with Crippen LogP contribution in [0.25, 0.3) is 5.70 Å². The van der Waals surface area contributed by atoms with Crippen molar-refractivity contribution in [3.05, 3.63) is 113 Å². The van der Waals surface area contributed by atoms with Crippen molar-refractivity contribution in [2.24, 2.45) is 17.8 Å². The first-order chi connectivity index (χ1) is 21.7. The minimum atomic E-state index is 0.836. The molecule has 2 aliphatic rings. The van der Waals surface area contributed by atoms with Crippen LogP contribution in [-0.4, -0.2) is 6.54 Å². The Labute approximate surface area is 279 Å². The van der Waals surface area contributed by atoms with Crippen LogP contribution in [0.4, 0.5) is 0 Å². The van der Waals surface area contributed by atoms with Gasteiger partial charge in [-0.15, -0.1) is 0 Å². The zero-order valence-electron chi connectivity index (χ0n) is 30.2. The molecule has 0 saturated heterocycles. The first-order valence-electron chi connectivity index (χ1n) is 18.3. The van der Waals surface area contributed by atoms with Crippen LogP contribution in [-0.2, 0) is 6.42 Å². The van der Waals surface area contributed by atoms with E-state index in [1.807, 2.05) is 6.08 Å². The van der Waals surface area contributed by atoms with Crippen molar-refractivity contribution in [3.8, 4) is 0 Å². The Kier molecular flexibility index (Phi) is 18.6. The molecule has 0 amide bonds. The van der Waals surface area contributed by atoms with Gasteiger partial charge in [-0.3, -0.25) is 0 Å². The van der Waals surface area contributed by atoms with E-state index in [0.29, 0.717) is 0 Å². The SMILES string of the molecule is C=C(NCCCC1CCCC(C)C1)c1ccc(CC(CCC)CCC)c(C)c1.C=C/C(=C\C1=C(/C)CC(=C)/C=C\C=C/C1)CC. The van der Waals surface area contributed by atoms with Crippen LogP contribution in [0.3, 0.4) is 0 Å². The van der Waals surface area contributed by atoms with Gasteiger partial charge in [0.2, 0.25) is 0 Å². The molecule has 2 atom stereocenters. The molecule has 248 valence electrons. The molecular weight excluding hydrogens is 542 g/mol. The van der Waals surface area contributed by atoms with Gasteiger partial charge in [-0.1, -0.05) is 152 Å². The van der Waals surface area contributed by atoms with Gasteiger partial charge < -0.3 is 5.32 Å². The minimum Gasteiger partial charge on any atom is -0.385 e. The van der Waals surface area contributed by atoms with Crippen LogP contribution >= 0.6 is 0 Å². The Morgan fingerprint density at radius 2 is 1.82 bits per heavy atom. The number of hydrogen-bond donors (Lipinski definition) is 1. The van der Waals surface area contributed by atoms with E-state index in [0.717, 1.165) is 54.8 Å². The molecule has 1 N–H and O–H groups in total. The summed E-state index contributed by atoms with van der Waals surface area (Å²) in [6, 6.07) is 6.96. The summed E-state index contributed by atoms with van der Waals surface area (Å²) >= 11 is 0. The first-order valence-corrected chi connectivity index (χ1v) is 18.3. The number of hydrogen-bond acceptors (Lipinski definition) is 1. The summed E-state index contributed by atoms with van der Waals surface area (Å²) in [5.41, 5.74) is 10.5. The summed E-state index contributed by atoms with van der Waals surface area (Å²) in [6.07, 6.45) is 30.6. The van der Waals surface area contributed by atoms with Crippen LogP contribution in [0.5, 0.6) is 0 Å². The predicted octanol–water partition coefficient (Wildman–Crippen LogP) is 13.2. The second-order valence-corrected chi connectivity index (χ2v) is 13.9. The lowest BCUT2D eigenvalue weighted by Gasteiger charge is -2.26. The van der Waals surface area contributed by atoms with E-state index in [2.05, 4.69) is 115 Å². The molecule has 3 rings (SSSR count). The number of aryl methyl sites for hydroxylation is 1. The van der Waals surface area contributed by atoms with E-state index >= 15 is 0 Å². The van der Waals surface area contributed by atoms with Crippen molar-refractivity contribution >= 4 is 5.70 Å². The van der Waals surface area contributed by atoms with Gasteiger partial charge in [0.05, 0.1) is 0 Å². The molecule has 0 aliphatic heterocycles. The predicted molar refractivity (Wildman–Crippen MR) is 204 cm³/mol. The van der Waals surface area contributed by atoms with E-state index in [4.69, 9.17) is 0 Å². The number of nitrogens with one attached hydrogen (secondary N) is 1. The number of allylic oxidation sites excluding steroid dienone is 10. The molecule has 1 aromatic carbocycles. The van der Waals surface area contributed by atoms with Gasteiger partial charge in [0.25, 0.3) is 0 Å². The van der Waals surface area contributed by atoms with E-state index in [-0.39, 0.29) is 0 Å². The standard InChI is InChI=1S/C27H45N.C17H22/c1-6-10-24(11-7-2)20-26-15-16-27(19-22(26)4)23(5)28-17-9-14-25-13-8-12-21(3)18-25;1-5-16(6-2)13-17-11-9-7-8-10-14(3)12-15(17)4/h15-16,19,21,24-25,28H,5-14,17-18,20H2,1-4H3;5,7-10,13H,1,3,6,11-12H2,2,4H3/b;9-7-,10-8-,16-13+,17-15+. The summed E-state index contributed by atoms with van der Waals surface area (Å²) in [4.78, 5) is 0. The smallest absolute Gasteiger partial charge is 0.0340 e. The monoisotopic (exact) mass is 610 g/mol. The Hall–Kier alpha value is -2.80. The lowest BCUT2D eigenvalue weighted by molar-refractivity contribution is 0.266. The van der Waals surface area contributed by atoms with E-state index in [1.165, 1.54) is 104 Å². The zero-order valence-corrected chi connectivity index (χ0v) is 30.2. The molecule has 0 bridgehead atoms. The van der Waals surface area contributed by atoms with Gasteiger partial charge in [-0.05, 0) is 110 Å². The maximum Gasteiger partial charge on any atom is 0.0340 e. The molecule has 1 aromatic rings. The topological polar surface area (TPSA) is 12.0 Å². The van der Waals surface area contributed by atoms with Gasteiger partial charge >= 0.3 is 0 Å². The maximum atomic E-state index is 4.30. The third-order valence-corrected chi connectivity index (χ3v) is 9.75. The first kappa shape index (κ1) is 38.4. The molecular formula is C44H67N. The fourth-order valence-electron chi connectivity index (χ4n) is 7.01. The third-order valence-electron chi connectivity index (χ3n) is 9.75. The van der Waals surface area contributed by atoms with Crippen LogP contribution in [0.15, 0.2) is 96.7 Å². The van der Waals surface area contributed by atoms with Crippen molar-refractivity contribution in [2.45, 2.75) is 131 Å². The quantitative estimate of drug-likeness (QED) is 0.154. The highest BCUT2D eigenvalue weighted by Crippen LogP contribution is 2.31.